The van der Waals surface area contributed by atoms with Crippen molar-refractivity contribution in [2.75, 3.05) is 26.9 Å². The van der Waals surface area contributed by atoms with Crippen molar-refractivity contribution in [2.45, 2.75) is 26.9 Å². The van der Waals surface area contributed by atoms with E-state index in [-0.39, 0.29) is 12.1 Å². The van der Waals surface area contributed by atoms with Gasteiger partial charge < -0.3 is 14.2 Å². The molecule has 88 valence electrons. The molecule has 0 rings (SSSR count). The molecule has 0 saturated heterocycles. The largest absolute Gasteiger partial charge is 0.466 e. The molecule has 4 heteroatoms. The topological polar surface area (TPSA) is 44.8 Å². The third-order valence-corrected chi connectivity index (χ3v) is 1.69. The van der Waals surface area contributed by atoms with Crippen LogP contribution in [0.4, 0.5) is 0 Å². The summed E-state index contributed by atoms with van der Waals surface area (Å²) in [5.41, 5.74) is 0.558. The van der Waals surface area contributed by atoms with Gasteiger partial charge in [-0.05, 0) is 26.8 Å². The SMILES string of the molecule is COC(=O)C(C)=CCOCCOC(C)C. The van der Waals surface area contributed by atoms with E-state index in [9.17, 15) is 4.79 Å². The van der Waals surface area contributed by atoms with Gasteiger partial charge in [-0.15, -0.1) is 0 Å². The molecule has 0 fully saturated rings. The van der Waals surface area contributed by atoms with Crippen LogP contribution in [0, 0.1) is 0 Å². The smallest absolute Gasteiger partial charge is 0.333 e. The Morgan fingerprint density at radius 2 is 2.00 bits per heavy atom. The summed E-state index contributed by atoms with van der Waals surface area (Å²) in [7, 11) is 1.36. The summed E-state index contributed by atoms with van der Waals surface area (Å²) in [5, 5.41) is 0. The van der Waals surface area contributed by atoms with E-state index in [4.69, 9.17) is 9.47 Å². The normalized spacial score (nSPS) is 11.9. The van der Waals surface area contributed by atoms with E-state index in [0.29, 0.717) is 25.4 Å². The molecule has 0 radical (unpaired) electrons. The predicted octanol–water partition coefficient (Wildman–Crippen LogP) is 1.55. The van der Waals surface area contributed by atoms with E-state index in [1.807, 2.05) is 13.8 Å². The average Bonchev–Trinajstić information content (AvgIpc) is 2.21. The molecular formula is C11H20O4. The van der Waals surface area contributed by atoms with Gasteiger partial charge in [-0.1, -0.05) is 0 Å². The van der Waals surface area contributed by atoms with E-state index in [2.05, 4.69) is 4.74 Å². The molecule has 0 amide bonds. The van der Waals surface area contributed by atoms with Gasteiger partial charge >= 0.3 is 5.97 Å². The molecule has 0 aromatic rings. The van der Waals surface area contributed by atoms with Gasteiger partial charge in [-0.2, -0.15) is 0 Å². The maximum absolute atomic E-state index is 11.0. The fourth-order valence-corrected chi connectivity index (χ4v) is 0.854. The van der Waals surface area contributed by atoms with Gasteiger partial charge in [0.1, 0.15) is 0 Å². The lowest BCUT2D eigenvalue weighted by atomic mass is 10.3. The summed E-state index contributed by atoms with van der Waals surface area (Å²) < 4.78 is 15.1. The summed E-state index contributed by atoms with van der Waals surface area (Å²) in [5.74, 6) is -0.322. The van der Waals surface area contributed by atoms with Gasteiger partial charge in [0.15, 0.2) is 0 Å². The molecule has 0 aliphatic carbocycles. The number of rotatable bonds is 7. The molecule has 0 aromatic carbocycles. The van der Waals surface area contributed by atoms with Gasteiger partial charge in [-0.3, -0.25) is 0 Å². The van der Waals surface area contributed by atoms with Crippen molar-refractivity contribution in [3.05, 3.63) is 11.6 Å². The molecule has 4 nitrogen and oxygen atoms in total. The van der Waals surface area contributed by atoms with Crippen molar-refractivity contribution >= 4 is 5.97 Å². The Hall–Kier alpha value is -0.870. The minimum Gasteiger partial charge on any atom is -0.466 e. The highest BCUT2D eigenvalue weighted by molar-refractivity contribution is 5.87. The third kappa shape index (κ3) is 8.15. The molecule has 0 spiro atoms. The van der Waals surface area contributed by atoms with Crippen LogP contribution in [0.3, 0.4) is 0 Å². The minimum atomic E-state index is -0.322. The number of hydrogen-bond acceptors (Lipinski definition) is 4. The Morgan fingerprint density at radius 1 is 1.33 bits per heavy atom. The zero-order chi connectivity index (χ0) is 11.7. The van der Waals surface area contributed by atoms with E-state index < -0.39 is 0 Å². The lowest BCUT2D eigenvalue weighted by molar-refractivity contribution is -0.136. The number of ether oxygens (including phenoxy) is 3. The molecule has 0 unspecified atom stereocenters. The zero-order valence-electron chi connectivity index (χ0n) is 9.91. The van der Waals surface area contributed by atoms with Gasteiger partial charge in [0.2, 0.25) is 0 Å². The Morgan fingerprint density at radius 3 is 2.53 bits per heavy atom. The maximum atomic E-state index is 11.0. The van der Waals surface area contributed by atoms with Crippen LogP contribution in [0.25, 0.3) is 0 Å². The number of carbonyl (C=O) groups is 1. The molecule has 0 aliphatic heterocycles. The molecular weight excluding hydrogens is 196 g/mol. The lowest BCUT2D eigenvalue weighted by Gasteiger charge is -2.06. The Kier molecular flexibility index (Phi) is 7.95. The highest BCUT2D eigenvalue weighted by Gasteiger charge is 2.01. The molecule has 0 saturated carbocycles. The summed E-state index contributed by atoms with van der Waals surface area (Å²) in [6.07, 6.45) is 1.92. The van der Waals surface area contributed by atoms with E-state index in [0.717, 1.165) is 0 Å². The first kappa shape index (κ1) is 14.1. The van der Waals surface area contributed by atoms with Crippen molar-refractivity contribution in [3.63, 3.8) is 0 Å². The standard InChI is InChI=1S/C11H20O4/c1-9(2)15-8-7-14-6-5-10(3)11(12)13-4/h5,9H,6-8H2,1-4H3. The fraction of sp³-hybridized carbons (Fsp3) is 0.727. The van der Waals surface area contributed by atoms with Crippen LogP contribution in [0.15, 0.2) is 11.6 Å². The maximum Gasteiger partial charge on any atom is 0.333 e. The quantitative estimate of drug-likeness (QED) is 0.368. The highest BCUT2D eigenvalue weighted by atomic mass is 16.5. The van der Waals surface area contributed by atoms with E-state index in [1.165, 1.54) is 7.11 Å². The molecule has 0 bridgehead atoms. The van der Waals surface area contributed by atoms with Crippen LogP contribution in [0.1, 0.15) is 20.8 Å². The Bertz CT molecular complexity index is 209. The summed E-state index contributed by atoms with van der Waals surface area (Å²) in [6.45, 7) is 7.15. The summed E-state index contributed by atoms with van der Waals surface area (Å²) in [6, 6.07) is 0. The van der Waals surface area contributed by atoms with Crippen LogP contribution < -0.4 is 0 Å². The second-order valence-electron chi connectivity index (χ2n) is 3.37. The number of carbonyl (C=O) groups excluding carboxylic acids is 1. The Balaban J connectivity index is 3.48. The number of hydrogen-bond donors (Lipinski definition) is 0. The van der Waals surface area contributed by atoms with Gasteiger partial charge in [-0.25, -0.2) is 4.79 Å². The predicted molar refractivity (Wildman–Crippen MR) is 57.7 cm³/mol. The monoisotopic (exact) mass is 216 g/mol. The first-order valence-electron chi connectivity index (χ1n) is 5.02. The average molecular weight is 216 g/mol. The van der Waals surface area contributed by atoms with Crippen LogP contribution >= 0.6 is 0 Å². The van der Waals surface area contributed by atoms with Crippen molar-refractivity contribution in [1.82, 2.24) is 0 Å². The van der Waals surface area contributed by atoms with Gasteiger partial charge in [0.05, 0.1) is 33.0 Å². The third-order valence-electron chi connectivity index (χ3n) is 1.69. The van der Waals surface area contributed by atoms with Crippen molar-refractivity contribution in [2.24, 2.45) is 0 Å². The molecule has 0 aromatic heterocycles. The second kappa shape index (κ2) is 8.44. The second-order valence-corrected chi connectivity index (χ2v) is 3.37. The first-order valence-corrected chi connectivity index (χ1v) is 5.02. The molecule has 0 N–H and O–H groups in total. The minimum absolute atomic E-state index is 0.223. The number of esters is 1. The molecule has 0 heterocycles. The molecule has 15 heavy (non-hydrogen) atoms. The Labute approximate surface area is 91.2 Å². The number of methoxy groups -OCH3 is 1. The van der Waals surface area contributed by atoms with Crippen LogP contribution in [0.2, 0.25) is 0 Å². The van der Waals surface area contributed by atoms with Crippen LogP contribution in [0.5, 0.6) is 0 Å². The van der Waals surface area contributed by atoms with Crippen molar-refractivity contribution < 1.29 is 19.0 Å². The van der Waals surface area contributed by atoms with Crippen molar-refractivity contribution in [3.8, 4) is 0 Å². The summed E-state index contributed by atoms with van der Waals surface area (Å²) in [4.78, 5) is 11.0. The van der Waals surface area contributed by atoms with Gasteiger partial charge in [0, 0.05) is 5.57 Å². The molecule has 0 aliphatic rings. The first-order chi connectivity index (χ1) is 7.07. The van der Waals surface area contributed by atoms with Gasteiger partial charge in [0.25, 0.3) is 0 Å². The van der Waals surface area contributed by atoms with E-state index in [1.54, 1.807) is 13.0 Å². The fourth-order valence-electron chi connectivity index (χ4n) is 0.854. The molecule has 0 atom stereocenters. The highest BCUT2D eigenvalue weighted by Crippen LogP contribution is 1.95. The van der Waals surface area contributed by atoms with Crippen LogP contribution in [-0.2, 0) is 19.0 Å². The van der Waals surface area contributed by atoms with Crippen molar-refractivity contribution in [1.29, 1.82) is 0 Å². The zero-order valence-corrected chi connectivity index (χ0v) is 9.91. The summed E-state index contributed by atoms with van der Waals surface area (Å²) >= 11 is 0. The lowest BCUT2D eigenvalue weighted by Crippen LogP contribution is -2.10. The van der Waals surface area contributed by atoms with Crippen LogP contribution in [-0.4, -0.2) is 39.0 Å². The van der Waals surface area contributed by atoms with E-state index >= 15 is 0 Å².